The number of hydrogen-bond acceptors (Lipinski definition) is 8. The van der Waals surface area contributed by atoms with Crippen LogP contribution in [0, 0.1) is 11.8 Å². The van der Waals surface area contributed by atoms with Crippen molar-refractivity contribution in [2.75, 3.05) is 17.2 Å². The molecule has 0 aliphatic heterocycles. The second kappa shape index (κ2) is 13.9. The van der Waals surface area contributed by atoms with Gasteiger partial charge in [0.2, 0.25) is 11.8 Å². The van der Waals surface area contributed by atoms with E-state index in [2.05, 4.69) is 15.6 Å². The van der Waals surface area contributed by atoms with Crippen LogP contribution in [0.3, 0.4) is 0 Å². The van der Waals surface area contributed by atoms with E-state index in [1.807, 2.05) is 42.5 Å². The highest BCUT2D eigenvalue weighted by molar-refractivity contribution is 8.00. The maximum Gasteiger partial charge on any atom is 0.311 e. The molecule has 2 aromatic carbocycles. The zero-order valence-electron chi connectivity index (χ0n) is 21.7. The number of anilines is 2. The number of thiazole rings is 1. The van der Waals surface area contributed by atoms with Crippen molar-refractivity contribution >= 4 is 57.7 Å². The minimum Gasteiger partial charge on any atom is -0.481 e. The Balaban J connectivity index is 1.48. The van der Waals surface area contributed by atoms with Gasteiger partial charge in [-0.05, 0) is 43.5 Å². The van der Waals surface area contributed by atoms with Crippen molar-refractivity contribution < 1.29 is 29.0 Å². The number of rotatable bonds is 11. The van der Waals surface area contributed by atoms with Crippen molar-refractivity contribution in [2.45, 2.75) is 36.3 Å². The molecule has 0 bridgehead atoms. The van der Waals surface area contributed by atoms with Crippen molar-refractivity contribution in [3.8, 4) is 0 Å². The molecule has 1 heterocycles. The van der Waals surface area contributed by atoms with E-state index in [9.17, 15) is 24.3 Å². The average Bonchev–Trinajstić information content (AvgIpc) is 3.38. The fraction of sp³-hybridized carbons (Fsp3) is 0.276. The van der Waals surface area contributed by atoms with Gasteiger partial charge >= 0.3 is 11.9 Å². The minimum atomic E-state index is -0.987. The smallest absolute Gasteiger partial charge is 0.311 e. The summed E-state index contributed by atoms with van der Waals surface area (Å²) in [4.78, 5) is 54.8. The predicted octanol–water partition coefficient (Wildman–Crippen LogP) is 5.33. The number of ether oxygens (including phenoxy) is 1. The number of amides is 2. The summed E-state index contributed by atoms with van der Waals surface area (Å²) in [5, 5.41) is 16.7. The summed E-state index contributed by atoms with van der Waals surface area (Å²) in [6.07, 6.45) is 4.34. The first-order valence-electron chi connectivity index (χ1n) is 12.7. The second-order valence-corrected chi connectivity index (χ2v) is 11.1. The van der Waals surface area contributed by atoms with Crippen LogP contribution in [-0.4, -0.2) is 40.5 Å². The van der Waals surface area contributed by atoms with Gasteiger partial charge in [0.1, 0.15) is 5.25 Å². The van der Waals surface area contributed by atoms with Crippen LogP contribution in [0.25, 0.3) is 0 Å². The number of aromatic nitrogens is 1. The lowest BCUT2D eigenvalue weighted by Crippen LogP contribution is -2.34. The van der Waals surface area contributed by atoms with E-state index in [1.165, 1.54) is 23.1 Å². The maximum absolute atomic E-state index is 13.4. The number of esters is 1. The van der Waals surface area contributed by atoms with E-state index in [1.54, 1.807) is 36.6 Å². The largest absolute Gasteiger partial charge is 0.481 e. The van der Waals surface area contributed by atoms with Crippen LogP contribution >= 0.6 is 23.1 Å². The lowest BCUT2D eigenvalue weighted by molar-refractivity contribution is -0.146. The van der Waals surface area contributed by atoms with Crippen LogP contribution in [0.15, 0.2) is 77.0 Å². The lowest BCUT2D eigenvalue weighted by atomic mass is 9.82. The minimum absolute atomic E-state index is 0.0277. The number of carboxylic acids is 1. The number of benzene rings is 2. The summed E-state index contributed by atoms with van der Waals surface area (Å²) >= 11 is 2.54. The summed E-state index contributed by atoms with van der Waals surface area (Å²) in [5.74, 6) is -3.43. The monoisotopic (exact) mass is 579 g/mol. The van der Waals surface area contributed by atoms with Crippen LogP contribution in [0.1, 0.15) is 36.3 Å². The van der Waals surface area contributed by atoms with E-state index in [4.69, 9.17) is 4.74 Å². The van der Waals surface area contributed by atoms with Gasteiger partial charge in [0.05, 0.1) is 30.6 Å². The van der Waals surface area contributed by atoms with Crippen molar-refractivity contribution in [2.24, 2.45) is 11.8 Å². The molecule has 3 unspecified atom stereocenters. The highest BCUT2D eigenvalue weighted by Crippen LogP contribution is 2.38. The quantitative estimate of drug-likeness (QED) is 0.158. The zero-order valence-corrected chi connectivity index (χ0v) is 23.4. The van der Waals surface area contributed by atoms with Gasteiger partial charge in [-0.2, -0.15) is 0 Å². The molecule has 0 radical (unpaired) electrons. The second-order valence-electron chi connectivity index (χ2n) is 9.03. The number of carbonyl (C=O) groups is 4. The standard InChI is InChI=1S/C29H29N3O6S2/c1-2-38-24(33)16-20-17-39-29(31-20)32-27(35)25(18-9-4-3-5-10-18)40-21-12-8-11-19(15-21)30-26(34)22-13-6-7-14-23(22)28(36)37/h3-12,15,17,22-23,25H,2,13-14,16H2,1H3,(H,30,34)(H,36,37)(H,31,32,35). The number of allylic oxidation sites excluding steroid dienone is 2. The summed E-state index contributed by atoms with van der Waals surface area (Å²) < 4.78 is 4.96. The van der Waals surface area contributed by atoms with E-state index < -0.39 is 23.1 Å². The van der Waals surface area contributed by atoms with Crippen LogP contribution < -0.4 is 10.6 Å². The molecule has 1 aliphatic rings. The molecule has 11 heteroatoms. The molecule has 208 valence electrons. The summed E-state index contributed by atoms with van der Waals surface area (Å²) in [6.45, 7) is 2.02. The fourth-order valence-corrected chi connectivity index (χ4v) is 6.07. The molecular weight excluding hydrogens is 550 g/mol. The molecule has 3 N–H and O–H groups in total. The Hall–Kier alpha value is -3.96. The molecule has 0 saturated heterocycles. The number of aliphatic carboxylic acids is 1. The third kappa shape index (κ3) is 7.80. The Bertz CT molecular complexity index is 1390. The van der Waals surface area contributed by atoms with Crippen LogP contribution in [0.2, 0.25) is 0 Å². The van der Waals surface area contributed by atoms with Gasteiger partial charge < -0.3 is 20.5 Å². The van der Waals surface area contributed by atoms with Crippen molar-refractivity contribution in [1.82, 2.24) is 4.98 Å². The third-order valence-corrected chi connectivity index (χ3v) is 8.25. The predicted molar refractivity (Wildman–Crippen MR) is 154 cm³/mol. The average molecular weight is 580 g/mol. The molecule has 1 aliphatic carbocycles. The Morgan fingerprint density at radius 3 is 2.52 bits per heavy atom. The molecule has 0 spiro atoms. The molecule has 0 fully saturated rings. The number of nitrogens with zero attached hydrogens (tertiary/aromatic N) is 1. The lowest BCUT2D eigenvalue weighted by Gasteiger charge is -2.24. The van der Waals surface area contributed by atoms with E-state index in [0.29, 0.717) is 29.4 Å². The first kappa shape index (κ1) is 29.0. The van der Waals surface area contributed by atoms with Gasteiger partial charge in [-0.15, -0.1) is 23.1 Å². The number of carbonyl (C=O) groups excluding carboxylic acids is 3. The molecule has 3 atom stereocenters. The highest BCUT2D eigenvalue weighted by atomic mass is 32.2. The SMILES string of the molecule is CCOC(=O)Cc1csc(NC(=O)C(Sc2cccc(NC(=O)C3CC=CCC3C(=O)O)c2)c2ccccc2)n1. The topological polar surface area (TPSA) is 135 Å². The van der Waals surface area contributed by atoms with Gasteiger partial charge in [-0.3, -0.25) is 19.2 Å². The fourth-order valence-electron chi connectivity index (χ4n) is 4.27. The van der Waals surface area contributed by atoms with Gasteiger partial charge in [0.15, 0.2) is 5.13 Å². The molecular formula is C29H29N3O6S2. The van der Waals surface area contributed by atoms with Crippen LogP contribution in [-0.2, 0) is 30.3 Å². The molecule has 0 saturated carbocycles. The Kier molecular flexibility index (Phi) is 10.1. The summed E-state index contributed by atoms with van der Waals surface area (Å²) in [5.41, 5.74) is 1.81. The van der Waals surface area contributed by atoms with Gasteiger partial charge in [0.25, 0.3) is 0 Å². The van der Waals surface area contributed by atoms with Crippen molar-refractivity contribution in [1.29, 1.82) is 0 Å². The summed E-state index contributed by atoms with van der Waals surface area (Å²) in [6, 6.07) is 16.4. The van der Waals surface area contributed by atoms with Crippen LogP contribution in [0.4, 0.5) is 10.8 Å². The van der Waals surface area contributed by atoms with Crippen molar-refractivity contribution in [3.05, 3.63) is 83.4 Å². The first-order chi connectivity index (χ1) is 19.3. The molecule has 3 aromatic rings. The van der Waals surface area contributed by atoms with Gasteiger partial charge in [0, 0.05) is 16.0 Å². The van der Waals surface area contributed by atoms with E-state index in [-0.39, 0.29) is 30.8 Å². The zero-order chi connectivity index (χ0) is 28.5. The molecule has 9 nitrogen and oxygen atoms in total. The first-order valence-corrected chi connectivity index (χ1v) is 14.5. The number of carboxylic acid groups (broad SMARTS) is 1. The maximum atomic E-state index is 13.4. The third-order valence-electron chi connectivity index (χ3n) is 6.19. The Labute approximate surface area is 240 Å². The molecule has 2 amide bonds. The summed E-state index contributed by atoms with van der Waals surface area (Å²) in [7, 11) is 0. The van der Waals surface area contributed by atoms with Crippen molar-refractivity contribution in [3.63, 3.8) is 0 Å². The van der Waals surface area contributed by atoms with Crippen LogP contribution in [0.5, 0.6) is 0 Å². The molecule has 40 heavy (non-hydrogen) atoms. The van der Waals surface area contributed by atoms with E-state index in [0.717, 1.165) is 10.5 Å². The van der Waals surface area contributed by atoms with Gasteiger partial charge in [-0.25, -0.2) is 4.98 Å². The normalized spacial score (nSPS) is 17.0. The highest BCUT2D eigenvalue weighted by Gasteiger charge is 2.34. The Morgan fingerprint density at radius 2 is 1.80 bits per heavy atom. The Morgan fingerprint density at radius 1 is 1.05 bits per heavy atom. The molecule has 4 rings (SSSR count). The van der Waals surface area contributed by atoms with E-state index >= 15 is 0 Å². The van der Waals surface area contributed by atoms with Gasteiger partial charge in [-0.1, -0.05) is 48.6 Å². The number of nitrogens with one attached hydrogen (secondary N) is 2. The number of hydrogen-bond donors (Lipinski definition) is 3. The molecule has 1 aromatic heterocycles. The number of thioether (sulfide) groups is 1.